The van der Waals surface area contributed by atoms with E-state index in [4.69, 9.17) is 11.7 Å². The Bertz CT molecular complexity index is 1540. The second-order valence-corrected chi connectivity index (χ2v) is 8.54. The molecule has 12 nitrogen and oxygen atoms in total. The standard InChI is InChI=1S/C22H20N12/c1-13-15(23-5)19(34(31-13)21-25-11-24-12-26-21)29-27-16-17(22(2,3)4)32-33-18(28-30-20(16)33)14-9-7-6-8-10-14/h6-12,30H,1-4H3/b29-27+. The SMILES string of the molecule is [C-]#[N+]c1c(C)nn(-c2ncncn2)c1/N=N/c1c(C(C)(C)C)nn2c(-c3ccccc3)n[nH]c12. The van der Waals surface area contributed by atoms with Crippen molar-refractivity contribution in [3.63, 3.8) is 0 Å². The Morgan fingerprint density at radius 1 is 1.03 bits per heavy atom. The molecule has 4 heterocycles. The van der Waals surface area contributed by atoms with Crippen molar-refractivity contribution in [2.75, 3.05) is 0 Å². The van der Waals surface area contributed by atoms with E-state index in [-0.39, 0.29) is 22.9 Å². The molecule has 0 spiro atoms. The lowest BCUT2D eigenvalue weighted by molar-refractivity contribution is 0.563. The summed E-state index contributed by atoms with van der Waals surface area (Å²) >= 11 is 0. The van der Waals surface area contributed by atoms with Crippen molar-refractivity contribution in [1.82, 2.24) is 44.5 Å². The molecule has 0 radical (unpaired) electrons. The number of azo groups is 1. The highest BCUT2D eigenvalue weighted by Gasteiger charge is 2.28. The number of aromatic amines is 1. The highest BCUT2D eigenvalue weighted by molar-refractivity contribution is 5.72. The fraction of sp³-hybridized carbons (Fsp3) is 0.227. The highest BCUT2D eigenvalue weighted by atomic mass is 15.4. The first-order valence-corrected chi connectivity index (χ1v) is 10.4. The van der Waals surface area contributed by atoms with E-state index in [0.29, 0.717) is 22.9 Å². The van der Waals surface area contributed by atoms with Gasteiger partial charge in [-0.15, -0.1) is 10.2 Å². The first kappa shape index (κ1) is 21.1. The number of benzene rings is 1. The minimum Gasteiger partial charge on any atom is -0.257 e. The van der Waals surface area contributed by atoms with Crippen molar-refractivity contribution in [2.45, 2.75) is 33.1 Å². The van der Waals surface area contributed by atoms with Crippen LogP contribution >= 0.6 is 0 Å². The van der Waals surface area contributed by atoms with Gasteiger partial charge in [-0.1, -0.05) is 51.1 Å². The monoisotopic (exact) mass is 452 g/mol. The van der Waals surface area contributed by atoms with Crippen LogP contribution in [0.1, 0.15) is 32.2 Å². The summed E-state index contributed by atoms with van der Waals surface area (Å²) in [6, 6.07) is 9.77. The summed E-state index contributed by atoms with van der Waals surface area (Å²) in [5.74, 6) is 1.13. The topological polar surface area (TPSA) is 132 Å². The molecule has 5 aromatic rings. The summed E-state index contributed by atoms with van der Waals surface area (Å²) < 4.78 is 3.11. The van der Waals surface area contributed by atoms with Crippen LogP contribution in [0.5, 0.6) is 0 Å². The molecule has 34 heavy (non-hydrogen) atoms. The van der Waals surface area contributed by atoms with E-state index in [9.17, 15) is 0 Å². The number of hydrogen-bond acceptors (Lipinski definition) is 8. The average molecular weight is 452 g/mol. The lowest BCUT2D eigenvalue weighted by Gasteiger charge is -2.15. The van der Waals surface area contributed by atoms with Crippen molar-refractivity contribution >= 4 is 22.8 Å². The molecule has 0 aliphatic rings. The number of nitrogens with one attached hydrogen (secondary N) is 1. The maximum absolute atomic E-state index is 7.61. The van der Waals surface area contributed by atoms with Crippen LogP contribution < -0.4 is 0 Å². The fourth-order valence-electron chi connectivity index (χ4n) is 3.50. The summed E-state index contributed by atoms with van der Waals surface area (Å²) in [5.41, 5.74) is 3.20. The minimum absolute atomic E-state index is 0.223. The van der Waals surface area contributed by atoms with Gasteiger partial charge in [-0.3, -0.25) is 5.10 Å². The zero-order valence-electron chi connectivity index (χ0n) is 19.0. The molecule has 0 atom stereocenters. The van der Waals surface area contributed by atoms with E-state index in [2.05, 4.69) is 45.3 Å². The molecule has 1 N–H and O–H groups in total. The van der Waals surface area contributed by atoms with Crippen LogP contribution in [0.3, 0.4) is 0 Å². The second kappa shape index (κ2) is 7.96. The van der Waals surface area contributed by atoms with Crippen LogP contribution in [0.25, 0.3) is 27.8 Å². The maximum Gasteiger partial charge on any atom is 0.255 e. The summed E-state index contributed by atoms with van der Waals surface area (Å²) in [5, 5.41) is 25.7. The first-order valence-electron chi connectivity index (χ1n) is 10.4. The number of rotatable bonds is 4. The fourth-order valence-corrected chi connectivity index (χ4v) is 3.50. The number of fused-ring (bicyclic) bond motifs is 1. The van der Waals surface area contributed by atoms with Crippen LogP contribution in [0.2, 0.25) is 0 Å². The van der Waals surface area contributed by atoms with E-state index in [1.807, 2.05) is 51.1 Å². The van der Waals surface area contributed by atoms with Gasteiger partial charge in [0.1, 0.15) is 12.7 Å². The summed E-state index contributed by atoms with van der Waals surface area (Å²) in [7, 11) is 0. The normalized spacial score (nSPS) is 12.0. The lowest BCUT2D eigenvalue weighted by Crippen LogP contribution is -2.12. The number of nitrogens with zero attached hydrogens (tertiary/aromatic N) is 11. The van der Waals surface area contributed by atoms with Gasteiger partial charge in [-0.25, -0.2) is 9.83 Å². The van der Waals surface area contributed by atoms with E-state index in [1.165, 1.54) is 17.3 Å². The Morgan fingerprint density at radius 3 is 2.44 bits per heavy atom. The molecule has 0 unspecified atom stereocenters. The highest BCUT2D eigenvalue weighted by Crippen LogP contribution is 2.38. The van der Waals surface area contributed by atoms with Gasteiger partial charge >= 0.3 is 0 Å². The largest absolute Gasteiger partial charge is 0.257 e. The molecule has 4 aromatic heterocycles. The van der Waals surface area contributed by atoms with Crippen LogP contribution in [-0.2, 0) is 5.41 Å². The van der Waals surface area contributed by atoms with Gasteiger partial charge in [0.15, 0.2) is 23.0 Å². The third kappa shape index (κ3) is 3.49. The molecule has 5 rings (SSSR count). The number of hydrogen-bond donors (Lipinski definition) is 1. The molecular weight excluding hydrogens is 432 g/mol. The van der Waals surface area contributed by atoms with Crippen molar-refractivity contribution < 1.29 is 0 Å². The number of aromatic nitrogens is 9. The Labute approximate surface area is 194 Å². The quantitative estimate of drug-likeness (QED) is 0.311. The maximum atomic E-state index is 7.61. The molecule has 168 valence electrons. The van der Waals surface area contributed by atoms with Crippen LogP contribution in [0.15, 0.2) is 53.2 Å². The summed E-state index contributed by atoms with van der Waals surface area (Å²) in [4.78, 5) is 15.7. The van der Waals surface area contributed by atoms with Crippen LogP contribution in [-0.4, -0.2) is 44.5 Å². The Balaban J connectivity index is 1.69. The third-order valence-electron chi connectivity index (χ3n) is 5.10. The molecule has 0 bridgehead atoms. The van der Waals surface area contributed by atoms with Crippen molar-refractivity contribution in [2.24, 2.45) is 10.2 Å². The van der Waals surface area contributed by atoms with Crippen molar-refractivity contribution in [1.29, 1.82) is 0 Å². The Kier molecular flexibility index (Phi) is 4.94. The average Bonchev–Trinajstić information content (AvgIpc) is 3.50. The van der Waals surface area contributed by atoms with Crippen molar-refractivity contribution in [3.8, 4) is 17.3 Å². The van der Waals surface area contributed by atoms with E-state index in [1.54, 1.807) is 11.4 Å². The molecule has 0 aliphatic heterocycles. The van der Waals surface area contributed by atoms with Gasteiger partial charge in [-0.2, -0.15) is 34.5 Å². The molecule has 1 aromatic carbocycles. The van der Waals surface area contributed by atoms with Gasteiger partial charge in [0.05, 0.1) is 18.0 Å². The molecule has 0 fully saturated rings. The Morgan fingerprint density at radius 2 is 1.76 bits per heavy atom. The number of H-pyrrole nitrogens is 1. The van der Waals surface area contributed by atoms with E-state index < -0.39 is 0 Å². The molecule has 0 saturated heterocycles. The Hall–Kier alpha value is -4.79. The van der Waals surface area contributed by atoms with E-state index in [0.717, 1.165) is 11.3 Å². The van der Waals surface area contributed by atoms with Gasteiger partial charge < -0.3 is 0 Å². The summed E-state index contributed by atoms with van der Waals surface area (Å²) in [6.07, 6.45) is 2.71. The van der Waals surface area contributed by atoms with Crippen LogP contribution in [0, 0.1) is 13.5 Å². The predicted octanol–water partition coefficient (Wildman–Crippen LogP) is 4.67. The van der Waals surface area contributed by atoms with Crippen LogP contribution in [0.4, 0.5) is 17.2 Å². The van der Waals surface area contributed by atoms with Gasteiger partial charge in [-0.05, 0) is 6.92 Å². The minimum atomic E-state index is -0.331. The smallest absolute Gasteiger partial charge is 0.255 e. The van der Waals surface area contributed by atoms with Gasteiger partial charge in [0.2, 0.25) is 0 Å². The second-order valence-electron chi connectivity index (χ2n) is 8.54. The molecule has 0 saturated carbocycles. The predicted molar refractivity (Wildman–Crippen MR) is 124 cm³/mol. The van der Waals surface area contributed by atoms with Crippen molar-refractivity contribution in [3.05, 3.63) is 65.8 Å². The summed E-state index contributed by atoms with van der Waals surface area (Å²) in [6.45, 7) is 15.5. The number of aryl methyl sites for hydroxylation is 1. The zero-order valence-corrected chi connectivity index (χ0v) is 19.0. The molecule has 0 aliphatic carbocycles. The van der Waals surface area contributed by atoms with Gasteiger partial charge in [0.25, 0.3) is 11.6 Å². The third-order valence-corrected chi connectivity index (χ3v) is 5.10. The van der Waals surface area contributed by atoms with Gasteiger partial charge in [0, 0.05) is 11.0 Å². The van der Waals surface area contributed by atoms with E-state index >= 15 is 0 Å². The molecule has 12 heteroatoms. The molecule has 0 amide bonds. The first-order chi connectivity index (χ1) is 16.4. The molecular formula is C22H20N12. The zero-order chi connectivity index (χ0) is 23.9. The lowest BCUT2D eigenvalue weighted by atomic mass is 9.91.